The van der Waals surface area contributed by atoms with Crippen molar-refractivity contribution in [3.05, 3.63) is 58.9 Å². The Morgan fingerprint density at radius 2 is 2.00 bits per heavy atom. The van der Waals surface area contributed by atoms with Crippen LogP contribution in [0.5, 0.6) is 0 Å². The molecule has 3 rings (SSSR count). The normalized spacial score (nSPS) is 10.4. The van der Waals surface area contributed by atoms with Gasteiger partial charge in [-0.25, -0.2) is 14.5 Å². The molecular weight excluding hydrogens is 328 g/mol. The molecule has 3 aromatic rings. The van der Waals surface area contributed by atoms with Gasteiger partial charge in [-0.05, 0) is 37.3 Å². The molecule has 1 aromatic carbocycles. The first kappa shape index (κ1) is 15.9. The third-order valence-electron chi connectivity index (χ3n) is 3.29. The highest BCUT2D eigenvalue weighted by Gasteiger charge is 2.17. The summed E-state index contributed by atoms with van der Waals surface area (Å²) < 4.78 is 6.38. The van der Waals surface area contributed by atoms with Crippen molar-refractivity contribution in [1.29, 1.82) is 0 Å². The van der Waals surface area contributed by atoms with Gasteiger partial charge in [-0.3, -0.25) is 10.1 Å². The van der Waals surface area contributed by atoms with E-state index in [1.165, 1.54) is 7.11 Å². The van der Waals surface area contributed by atoms with E-state index in [4.69, 9.17) is 0 Å². The smallest absolute Gasteiger partial charge is 0.350 e. The highest BCUT2D eigenvalue weighted by Crippen LogP contribution is 2.23. The van der Waals surface area contributed by atoms with Crippen molar-refractivity contribution >= 4 is 28.3 Å². The van der Waals surface area contributed by atoms with Crippen molar-refractivity contribution in [1.82, 2.24) is 14.8 Å². The fourth-order valence-corrected chi connectivity index (χ4v) is 2.97. The molecule has 1 N–H and O–H groups in total. The quantitative estimate of drug-likeness (QED) is 0.737. The molecule has 0 bridgehead atoms. The lowest BCUT2D eigenvalue weighted by Gasteiger charge is -2.04. The first-order valence-electron chi connectivity index (χ1n) is 7.05. The monoisotopic (exact) mass is 342 g/mol. The van der Waals surface area contributed by atoms with Crippen molar-refractivity contribution in [2.24, 2.45) is 0 Å². The van der Waals surface area contributed by atoms with Crippen LogP contribution in [0.3, 0.4) is 0 Å². The molecule has 0 saturated heterocycles. The van der Waals surface area contributed by atoms with Crippen LogP contribution in [0.1, 0.15) is 25.7 Å². The average molecular weight is 342 g/mol. The maximum absolute atomic E-state index is 12.3. The van der Waals surface area contributed by atoms with Gasteiger partial charge in [0.1, 0.15) is 4.88 Å². The van der Waals surface area contributed by atoms with Gasteiger partial charge in [-0.15, -0.1) is 0 Å². The van der Waals surface area contributed by atoms with Gasteiger partial charge in [-0.2, -0.15) is 5.10 Å². The number of anilines is 1. The minimum atomic E-state index is -0.464. The highest BCUT2D eigenvalue weighted by molar-refractivity contribution is 7.17. The van der Waals surface area contributed by atoms with Gasteiger partial charge in [0, 0.05) is 18.0 Å². The number of aryl methyl sites for hydroxylation is 1. The predicted molar refractivity (Wildman–Crippen MR) is 89.7 cm³/mol. The first-order chi connectivity index (χ1) is 11.6. The van der Waals surface area contributed by atoms with Crippen molar-refractivity contribution in [2.45, 2.75) is 6.92 Å². The number of nitrogens with zero attached hydrogens (tertiary/aromatic N) is 3. The van der Waals surface area contributed by atoms with Gasteiger partial charge >= 0.3 is 5.97 Å². The van der Waals surface area contributed by atoms with E-state index in [-0.39, 0.29) is 5.91 Å². The molecule has 0 aliphatic heterocycles. The van der Waals surface area contributed by atoms with E-state index in [9.17, 15) is 9.59 Å². The van der Waals surface area contributed by atoms with Crippen LogP contribution in [-0.2, 0) is 4.74 Å². The Morgan fingerprint density at radius 3 is 2.62 bits per heavy atom. The van der Waals surface area contributed by atoms with Crippen LogP contribution in [0.4, 0.5) is 5.13 Å². The molecule has 24 heavy (non-hydrogen) atoms. The Labute approximate surface area is 141 Å². The second kappa shape index (κ2) is 6.63. The number of ether oxygens (including phenoxy) is 1. The number of carbonyl (C=O) groups excluding carboxylic acids is 2. The Balaban J connectivity index is 1.74. The lowest BCUT2D eigenvalue weighted by atomic mass is 10.2. The van der Waals surface area contributed by atoms with E-state index < -0.39 is 5.97 Å². The minimum Gasteiger partial charge on any atom is -0.465 e. The number of nitrogens with one attached hydrogen (secondary N) is 1. The Kier molecular flexibility index (Phi) is 4.39. The number of amides is 1. The van der Waals surface area contributed by atoms with Gasteiger partial charge in [0.25, 0.3) is 5.91 Å². The van der Waals surface area contributed by atoms with Gasteiger partial charge in [0.15, 0.2) is 5.13 Å². The molecule has 122 valence electrons. The van der Waals surface area contributed by atoms with Crippen LogP contribution in [0.25, 0.3) is 5.69 Å². The number of esters is 1. The highest BCUT2D eigenvalue weighted by atomic mass is 32.1. The molecule has 0 radical (unpaired) electrons. The molecule has 8 heteroatoms. The average Bonchev–Trinajstić information content (AvgIpc) is 3.24. The molecule has 7 nitrogen and oxygen atoms in total. The van der Waals surface area contributed by atoms with Crippen LogP contribution >= 0.6 is 11.3 Å². The van der Waals surface area contributed by atoms with Crippen molar-refractivity contribution < 1.29 is 14.3 Å². The number of hydrogen-bond acceptors (Lipinski definition) is 6. The van der Waals surface area contributed by atoms with Crippen molar-refractivity contribution in [2.75, 3.05) is 12.4 Å². The van der Waals surface area contributed by atoms with Crippen LogP contribution in [-0.4, -0.2) is 33.8 Å². The molecule has 0 saturated carbocycles. The zero-order chi connectivity index (χ0) is 17.1. The second-order valence-electron chi connectivity index (χ2n) is 4.88. The predicted octanol–water partition coefficient (Wildman–Crippen LogP) is 2.68. The topological polar surface area (TPSA) is 86.1 Å². The molecular formula is C16H14N4O3S. The number of carbonyl (C=O) groups is 2. The maximum atomic E-state index is 12.3. The lowest BCUT2D eigenvalue weighted by Crippen LogP contribution is -2.11. The van der Waals surface area contributed by atoms with E-state index in [0.29, 0.717) is 21.3 Å². The van der Waals surface area contributed by atoms with E-state index in [1.807, 2.05) is 12.3 Å². The number of methoxy groups -OCH3 is 1. The summed E-state index contributed by atoms with van der Waals surface area (Å²) >= 11 is 1.08. The zero-order valence-electron chi connectivity index (χ0n) is 13.0. The number of aromatic nitrogens is 3. The summed E-state index contributed by atoms with van der Waals surface area (Å²) in [5.41, 5.74) is 1.86. The molecule has 0 aliphatic rings. The largest absolute Gasteiger partial charge is 0.465 e. The van der Waals surface area contributed by atoms with Crippen LogP contribution < -0.4 is 5.32 Å². The molecule has 2 heterocycles. The van der Waals surface area contributed by atoms with Gasteiger partial charge < -0.3 is 4.74 Å². The summed E-state index contributed by atoms with van der Waals surface area (Å²) in [6.45, 7) is 1.69. The van der Waals surface area contributed by atoms with E-state index in [0.717, 1.165) is 17.0 Å². The maximum Gasteiger partial charge on any atom is 0.350 e. The Bertz CT molecular complexity index is 869. The van der Waals surface area contributed by atoms with Gasteiger partial charge in [0.05, 0.1) is 18.5 Å². The summed E-state index contributed by atoms with van der Waals surface area (Å²) in [5, 5.41) is 7.18. The van der Waals surface area contributed by atoms with E-state index >= 15 is 0 Å². The fourth-order valence-electron chi connectivity index (χ4n) is 2.09. The number of rotatable bonds is 4. The van der Waals surface area contributed by atoms with Crippen molar-refractivity contribution in [3.63, 3.8) is 0 Å². The van der Waals surface area contributed by atoms with Crippen LogP contribution in [0, 0.1) is 6.92 Å². The SMILES string of the molecule is COC(=O)c1sc(NC(=O)c2ccc(-n3cccn3)cc2)nc1C. The second-order valence-corrected chi connectivity index (χ2v) is 5.88. The van der Waals surface area contributed by atoms with Crippen molar-refractivity contribution in [3.8, 4) is 5.69 Å². The number of benzene rings is 1. The summed E-state index contributed by atoms with van der Waals surface area (Å²) in [6.07, 6.45) is 3.51. The Hall–Kier alpha value is -3.00. The minimum absolute atomic E-state index is 0.299. The fraction of sp³-hybridized carbons (Fsp3) is 0.125. The standard InChI is InChI=1S/C16H14N4O3S/c1-10-13(15(22)23-2)24-16(18-10)19-14(21)11-4-6-12(7-5-11)20-9-3-8-17-20/h3-9H,1-2H3,(H,18,19,21). The molecule has 0 spiro atoms. The molecule has 0 atom stereocenters. The summed E-state index contributed by atoms with van der Waals surface area (Å²) in [5.74, 6) is -0.763. The summed E-state index contributed by atoms with van der Waals surface area (Å²) in [6, 6.07) is 8.83. The molecule has 0 unspecified atom stereocenters. The Morgan fingerprint density at radius 1 is 1.25 bits per heavy atom. The summed E-state index contributed by atoms with van der Waals surface area (Å²) in [7, 11) is 1.31. The van der Waals surface area contributed by atoms with Crippen LogP contribution in [0.2, 0.25) is 0 Å². The number of thiazole rings is 1. The first-order valence-corrected chi connectivity index (χ1v) is 7.87. The van der Waals surface area contributed by atoms with Crippen LogP contribution in [0.15, 0.2) is 42.7 Å². The van der Waals surface area contributed by atoms with Gasteiger partial charge in [0.2, 0.25) is 0 Å². The zero-order valence-corrected chi connectivity index (χ0v) is 13.8. The summed E-state index contributed by atoms with van der Waals surface area (Å²) in [4.78, 5) is 28.4. The molecule has 1 amide bonds. The van der Waals surface area contributed by atoms with Gasteiger partial charge in [-0.1, -0.05) is 11.3 Å². The van der Waals surface area contributed by atoms with E-state index in [1.54, 1.807) is 42.1 Å². The third kappa shape index (κ3) is 3.18. The third-order valence-corrected chi connectivity index (χ3v) is 4.34. The lowest BCUT2D eigenvalue weighted by molar-refractivity contribution is 0.0605. The molecule has 0 aliphatic carbocycles. The molecule has 0 fully saturated rings. The molecule has 2 aromatic heterocycles. The van der Waals surface area contributed by atoms with E-state index in [2.05, 4.69) is 20.1 Å². The number of hydrogen-bond donors (Lipinski definition) is 1.